The first-order chi connectivity index (χ1) is 8.56. The Morgan fingerprint density at radius 1 is 1.22 bits per heavy atom. The van der Waals surface area contributed by atoms with Crippen molar-refractivity contribution in [1.29, 1.82) is 0 Å². The fourth-order valence-corrected chi connectivity index (χ4v) is 2.04. The van der Waals surface area contributed by atoms with Crippen molar-refractivity contribution in [2.75, 3.05) is 7.11 Å². The Labute approximate surface area is 107 Å². The number of benzene rings is 1. The van der Waals surface area contributed by atoms with E-state index in [0.29, 0.717) is 12.4 Å². The van der Waals surface area contributed by atoms with Gasteiger partial charge in [-0.05, 0) is 44.0 Å². The Morgan fingerprint density at radius 2 is 1.94 bits per heavy atom. The highest BCUT2D eigenvalue weighted by Crippen LogP contribution is 2.32. The van der Waals surface area contributed by atoms with Crippen LogP contribution < -0.4 is 10.5 Å². The van der Waals surface area contributed by atoms with Crippen molar-refractivity contribution in [3.8, 4) is 17.1 Å². The first kappa shape index (κ1) is 12.6. The van der Waals surface area contributed by atoms with Gasteiger partial charge in [0.05, 0.1) is 19.3 Å². The molecule has 1 heterocycles. The largest absolute Gasteiger partial charge is 0.496 e. The van der Waals surface area contributed by atoms with E-state index >= 15 is 0 Å². The second kappa shape index (κ2) is 4.82. The molecule has 0 amide bonds. The summed E-state index contributed by atoms with van der Waals surface area (Å²) in [5.74, 6) is 2.24. The highest BCUT2D eigenvalue weighted by molar-refractivity contribution is 5.66. The highest BCUT2D eigenvalue weighted by Gasteiger charge is 2.14. The van der Waals surface area contributed by atoms with E-state index in [4.69, 9.17) is 14.9 Å². The summed E-state index contributed by atoms with van der Waals surface area (Å²) in [7, 11) is 1.67. The summed E-state index contributed by atoms with van der Waals surface area (Å²) >= 11 is 0. The van der Waals surface area contributed by atoms with Gasteiger partial charge in [0.25, 0.3) is 0 Å². The molecule has 0 aliphatic rings. The van der Waals surface area contributed by atoms with Gasteiger partial charge in [0, 0.05) is 5.56 Å². The molecule has 0 unspecified atom stereocenters. The zero-order valence-electron chi connectivity index (χ0n) is 11.2. The lowest BCUT2D eigenvalue weighted by atomic mass is 10.0. The zero-order chi connectivity index (χ0) is 13.3. The minimum absolute atomic E-state index is 0.315. The molecule has 0 saturated heterocycles. The number of hydrogen-bond acceptors (Lipinski definition) is 4. The fourth-order valence-electron chi connectivity index (χ4n) is 2.04. The van der Waals surface area contributed by atoms with Crippen LogP contribution in [0.15, 0.2) is 16.5 Å². The van der Waals surface area contributed by atoms with Crippen LogP contribution in [0, 0.1) is 20.8 Å². The number of hydrogen-bond donors (Lipinski definition) is 1. The topological polar surface area (TPSA) is 61.3 Å². The molecule has 2 rings (SSSR count). The van der Waals surface area contributed by atoms with E-state index in [0.717, 1.165) is 33.9 Å². The SMILES string of the molecule is COc1cc(C)c(-c2oc(CN)nc2C)cc1C. The van der Waals surface area contributed by atoms with E-state index in [9.17, 15) is 0 Å². The molecule has 4 nitrogen and oxygen atoms in total. The summed E-state index contributed by atoms with van der Waals surface area (Å²) < 4.78 is 11.0. The van der Waals surface area contributed by atoms with Crippen LogP contribution in [0.3, 0.4) is 0 Å². The van der Waals surface area contributed by atoms with Crippen LogP contribution in [-0.2, 0) is 6.54 Å². The molecule has 18 heavy (non-hydrogen) atoms. The average molecular weight is 246 g/mol. The van der Waals surface area contributed by atoms with Crippen LogP contribution in [0.2, 0.25) is 0 Å². The van der Waals surface area contributed by atoms with Gasteiger partial charge in [-0.2, -0.15) is 0 Å². The molecule has 1 aromatic carbocycles. The third-order valence-electron chi connectivity index (χ3n) is 3.00. The molecule has 0 aliphatic heterocycles. The summed E-state index contributed by atoms with van der Waals surface area (Å²) in [4.78, 5) is 4.30. The Hall–Kier alpha value is -1.81. The molecule has 2 N–H and O–H groups in total. The Balaban J connectivity index is 2.56. The van der Waals surface area contributed by atoms with Crippen molar-refractivity contribution < 1.29 is 9.15 Å². The van der Waals surface area contributed by atoms with Crippen LogP contribution in [0.5, 0.6) is 5.75 Å². The molecule has 0 fully saturated rings. The summed E-state index contributed by atoms with van der Waals surface area (Å²) in [5, 5.41) is 0. The van der Waals surface area contributed by atoms with Crippen molar-refractivity contribution in [2.24, 2.45) is 5.73 Å². The van der Waals surface area contributed by atoms with Gasteiger partial charge in [0.2, 0.25) is 5.89 Å². The van der Waals surface area contributed by atoms with E-state index < -0.39 is 0 Å². The molecule has 0 saturated carbocycles. The van der Waals surface area contributed by atoms with Crippen molar-refractivity contribution in [3.05, 3.63) is 34.8 Å². The number of nitrogens with zero attached hydrogens (tertiary/aromatic N) is 1. The van der Waals surface area contributed by atoms with Gasteiger partial charge in [0.1, 0.15) is 5.75 Å². The normalized spacial score (nSPS) is 10.7. The van der Waals surface area contributed by atoms with Crippen molar-refractivity contribution in [3.63, 3.8) is 0 Å². The predicted molar refractivity (Wildman–Crippen MR) is 70.6 cm³/mol. The van der Waals surface area contributed by atoms with Crippen molar-refractivity contribution in [1.82, 2.24) is 4.98 Å². The zero-order valence-corrected chi connectivity index (χ0v) is 11.2. The Morgan fingerprint density at radius 3 is 2.50 bits per heavy atom. The van der Waals surface area contributed by atoms with Gasteiger partial charge >= 0.3 is 0 Å². The molecule has 1 aromatic heterocycles. The standard InChI is InChI=1S/C14H18N2O2/c1-8-6-12(17-4)9(2)5-11(8)14-10(3)16-13(7-15)18-14/h5-6H,7,15H2,1-4H3. The molecule has 96 valence electrons. The lowest BCUT2D eigenvalue weighted by Crippen LogP contribution is -1.95. The quantitative estimate of drug-likeness (QED) is 0.904. The number of aryl methyl sites for hydroxylation is 3. The van der Waals surface area contributed by atoms with Crippen LogP contribution >= 0.6 is 0 Å². The maximum absolute atomic E-state index is 5.68. The molecule has 0 radical (unpaired) electrons. The number of methoxy groups -OCH3 is 1. The fraction of sp³-hybridized carbons (Fsp3) is 0.357. The van der Waals surface area contributed by atoms with Gasteiger partial charge in [-0.15, -0.1) is 0 Å². The second-order valence-electron chi connectivity index (χ2n) is 4.36. The van der Waals surface area contributed by atoms with Crippen molar-refractivity contribution >= 4 is 0 Å². The monoisotopic (exact) mass is 246 g/mol. The minimum Gasteiger partial charge on any atom is -0.496 e. The van der Waals surface area contributed by atoms with Gasteiger partial charge in [-0.25, -0.2) is 4.98 Å². The molecular weight excluding hydrogens is 228 g/mol. The van der Waals surface area contributed by atoms with E-state index in [2.05, 4.69) is 11.1 Å². The number of nitrogens with two attached hydrogens (primary N) is 1. The summed E-state index contributed by atoms with van der Waals surface area (Å²) in [6.45, 7) is 6.28. The first-order valence-electron chi connectivity index (χ1n) is 5.88. The molecule has 2 aromatic rings. The van der Waals surface area contributed by atoms with E-state index in [-0.39, 0.29) is 0 Å². The van der Waals surface area contributed by atoms with Crippen LogP contribution in [0.4, 0.5) is 0 Å². The molecule has 0 atom stereocenters. The number of oxazole rings is 1. The van der Waals surface area contributed by atoms with Gasteiger partial charge < -0.3 is 14.9 Å². The van der Waals surface area contributed by atoms with Crippen molar-refractivity contribution in [2.45, 2.75) is 27.3 Å². The van der Waals surface area contributed by atoms with Crippen LogP contribution in [0.25, 0.3) is 11.3 Å². The lowest BCUT2D eigenvalue weighted by Gasteiger charge is -2.09. The van der Waals surface area contributed by atoms with Crippen LogP contribution in [0.1, 0.15) is 22.7 Å². The molecule has 0 spiro atoms. The third-order valence-corrected chi connectivity index (χ3v) is 3.00. The molecular formula is C14H18N2O2. The summed E-state index contributed by atoms with van der Waals surface area (Å²) in [6, 6.07) is 4.07. The Kier molecular flexibility index (Phi) is 3.39. The van der Waals surface area contributed by atoms with Crippen LogP contribution in [-0.4, -0.2) is 12.1 Å². The number of ether oxygens (including phenoxy) is 1. The maximum atomic E-state index is 5.68. The van der Waals surface area contributed by atoms with Gasteiger partial charge in [0.15, 0.2) is 5.76 Å². The minimum atomic E-state index is 0.315. The van der Waals surface area contributed by atoms with E-state index in [1.54, 1.807) is 7.11 Å². The second-order valence-corrected chi connectivity index (χ2v) is 4.36. The van der Waals surface area contributed by atoms with E-state index in [1.165, 1.54) is 0 Å². The highest BCUT2D eigenvalue weighted by atomic mass is 16.5. The Bertz CT molecular complexity index is 573. The summed E-state index contributed by atoms with van der Waals surface area (Å²) in [5.41, 5.74) is 9.62. The maximum Gasteiger partial charge on any atom is 0.208 e. The third kappa shape index (κ3) is 2.11. The molecule has 4 heteroatoms. The number of aromatic nitrogens is 1. The van der Waals surface area contributed by atoms with E-state index in [1.807, 2.05) is 26.8 Å². The predicted octanol–water partition coefficient (Wildman–Crippen LogP) is 2.73. The molecule has 0 aliphatic carbocycles. The smallest absolute Gasteiger partial charge is 0.208 e. The van der Waals surface area contributed by atoms with Gasteiger partial charge in [-0.3, -0.25) is 0 Å². The van der Waals surface area contributed by atoms with Gasteiger partial charge in [-0.1, -0.05) is 0 Å². The molecule has 0 bridgehead atoms. The first-order valence-corrected chi connectivity index (χ1v) is 5.88. The number of rotatable bonds is 3. The summed E-state index contributed by atoms with van der Waals surface area (Å²) in [6.07, 6.45) is 0. The lowest BCUT2D eigenvalue weighted by molar-refractivity contribution is 0.411. The average Bonchev–Trinajstić information content (AvgIpc) is 2.73.